The molecule has 0 aliphatic heterocycles. The van der Waals surface area contributed by atoms with E-state index in [1.54, 1.807) is 0 Å². The van der Waals surface area contributed by atoms with E-state index in [0.29, 0.717) is 3.57 Å². The molecule has 1 aromatic carbocycles. The van der Waals surface area contributed by atoms with Crippen LogP contribution in [0.1, 0.15) is 6.92 Å². The SMILES string of the molecule is CC(Oc1ccc(I)cc1)(C(F)(F)F)C(F)(F)F. The van der Waals surface area contributed by atoms with Gasteiger partial charge < -0.3 is 4.74 Å². The Morgan fingerprint density at radius 1 is 0.889 bits per heavy atom. The summed E-state index contributed by atoms with van der Waals surface area (Å²) in [6.45, 7) is -0.0367. The van der Waals surface area contributed by atoms with Crippen LogP contribution in [0.3, 0.4) is 0 Å². The summed E-state index contributed by atoms with van der Waals surface area (Å²) in [4.78, 5) is 0. The first-order chi connectivity index (χ1) is 7.97. The van der Waals surface area contributed by atoms with E-state index < -0.39 is 23.7 Å². The topological polar surface area (TPSA) is 9.23 Å². The zero-order valence-electron chi connectivity index (χ0n) is 8.86. The highest BCUT2D eigenvalue weighted by Gasteiger charge is 2.70. The Hall–Kier alpha value is -0.670. The molecule has 0 atom stereocenters. The molecule has 0 unspecified atom stereocenters. The normalized spacial score (nSPS) is 13.6. The van der Waals surface area contributed by atoms with Crippen molar-refractivity contribution in [3.8, 4) is 5.75 Å². The van der Waals surface area contributed by atoms with Crippen molar-refractivity contribution in [2.45, 2.75) is 24.9 Å². The third-order valence-corrected chi connectivity index (χ3v) is 2.94. The molecule has 0 fully saturated rings. The molecule has 1 rings (SSSR count). The minimum absolute atomic E-state index is 0.0367. The number of hydrogen-bond donors (Lipinski definition) is 0. The lowest BCUT2D eigenvalue weighted by Gasteiger charge is -2.34. The van der Waals surface area contributed by atoms with Gasteiger partial charge in [0.2, 0.25) is 0 Å². The van der Waals surface area contributed by atoms with E-state index in [1.165, 1.54) is 12.1 Å². The van der Waals surface area contributed by atoms with E-state index in [2.05, 4.69) is 4.74 Å². The Balaban J connectivity index is 3.12. The van der Waals surface area contributed by atoms with Crippen molar-refractivity contribution in [2.75, 3.05) is 0 Å². The van der Waals surface area contributed by atoms with Crippen molar-refractivity contribution >= 4 is 22.6 Å². The van der Waals surface area contributed by atoms with E-state index >= 15 is 0 Å². The predicted molar refractivity (Wildman–Crippen MR) is 60.3 cm³/mol. The lowest BCUT2D eigenvalue weighted by Crippen LogP contribution is -2.58. The Morgan fingerprint density at radius 2 is 1.28 bits per heavy atom. The van der Waals surface area contributed by atoms with Crippen LogP contribution >= 0.6 is 22.6 Å². The summed E-state index contributed by atoms with van der Waals surface area (Å²) in [5.41, 5.74) is -4.23. The molecule has 0 aliphatic rings. The fraction of sp³-hybridized carbons (Fsp3) is 0.400. The summed E-state index contributed by atoms with van der Waals surface area (Å²) in [5, 5.41) is 0. The number of halogens is 7. The lowest BCUT2D eigenvalue weighted by atomic mass is 10.1. The molecule has 0 amide bonds. The van der Waals surface area contributed by atoms with Crippen LogP contribution in [0.25, 0.3) is 0 Å². The Bertz CT molecular complexity index is 394. The van der Waals surface area contributed by atoms with E-state index in [1.807, 2.05) is 22.6 Å². The van der Waals surface area contributed by atoms with Gasteiger partial charge in [0.25, 0.3) is 5.60 Å². The lowest BCUT2D eigenvalue weighted by molar-refractivity contribution is -0.350. The second-order valence-electron chi connectivity index (χ2n) is 3.58. The first kappa shape index (κ1) is 15.4. The first-order valence-electron chi connectivity index (χ1n) is 4.55. The monoisotopic (exact) mass is 384 g/mol. The van der Waals surface area contributed by atoms with Gasteiger partial charge in [0, 0.05) is 3.57 Å². The molecule has 0 heterocycles. The standard InChI is InChI=1S/C10H7F6IO/c1-8(9(11,12)13,10(14,15)16)18-7-4-2-6(17)3-5-7/h2-5H,1H3. The molecule has 0 N–H and O–H groups in total. The van der Waals surface area contributed by atoms with E-state index in [0.717, 1.165) is 12.1 Å². The van der Waals surface area contributed by atoms with Gasteiger partial charge in [-0.25, -0.2) is 0 Å². The van der Waals surface area contributed by atoms with Crippen LogP contribution in [0.4, 0.5) is 26.3 Å². The summed E-state index contributed by atoms with van der Waals surface area (Å²) in [6.07, 6.45) is -11.1. The molecular weight excluding hydrogens is 377 g/mol. The molecule has 0 spiro atoms. The van der Waals surface area contributed by atoms with Gasteiger partial charge in [0.15, 0.2) is 0 Å². The predicted octanol–water partition coefficient (Wildman–Crippen LogP) is 4.55. The Kier molecular flexibility index (Phi) is 4.09. The molecule has 102 valence electrons. The van der Waals surface area contributed by atoms with Crippen molar-refractivity contribution in [1.82, 2.24) is 0 Å². The number of ether oxygens (including phenoxy) is 1. The van der Waals surface area contributed by atoms with Crippen LogP contribution in [0, 0.1) is 3.57 Å². The van der Waals surface area contributed by atoms with Crippen LogP contribution in [-0.4, -0.2) is 18.0 Å². The maximum absolute atomic E-state index is 12.5. The van der Waals surface area contributed by atoms with Crippen LogP contribution in [0.15, 0.2) is 24.3 Å². The average Bonchev–Trinajstić information content (AvgIpc) is 2.18. The number of benzene rings is 1. The van der Waals surface area contributed by atoms with E-state index in [9.17, 15) is 26.3 Å². The highest BCUT2D eigenvalue weighted by atomic mass is 127. The van der Waals surface area contributed by atoms with Crippen molar-refractivity contribution in [2.24, 2.45) is 0 Å². The van der Waals surface area contributed by atoms with Gasteiger partial charge in [-0.2, -0.15) is 26.3 Å². The second-order valence-corrected chi connectivity index (χ2v) is 4.83. The summed E-state index contributed by atoms with van der Waals surface area (Å²) >= 11 is 1.87. The van der Waals surface area contributed by atoms with E-state index in [4.69, 9.17) is 0 Å². The fourth-order valence-electron chi connectivity index (χ4n) is 1.01. The minimum atomic E-state index is -5.56. The molecule has 0 bridgehead atoms. The van der Waals surface area contributed by atoms with Crippen molar-refractivity contribution < 1.29 is 31.1 Å². The quantitative estimate of drug-likeness (QED) is 0.537. The first-order valence-corrected chi connectivity index (χ1v) is 5.63. The molecule has 18 heavy (non-hydrogen) atoms. The average molecular weight is 384 g/mol. The molecule has 1 aromatic rings. The second kappa shape index (κ2) is 4.78. The summed E-state index contributed by atoms with van der Waals surface area (Å²) in [6, 6.07) is 4.81. The molecule has 0 saturated heterocycles. The molecular formula is C10H7F6IO. The largest absolute Gasteiger partial charge is 0.469 e. The highest BCUT2D eigenvalue weighted by Crippen LogP contribution is 2.45. The third kappa shape index (κ3) is 3.01. The molecule has 0 radical (unpaired) electrons. The smallest absolute Gasteiger partial charge is 0.437 e. The molecule has 0 saturated carbocycles. The van der Waals surface area contributed by atoms with Gasteiger partial charge in [-0.15, -0.1) is 0 Å². The van der Waals surface area contributed by atoms with Crippen molar-refractivity contribution in [3.05, 3.63) is 27.8 Å². The van der Waals surface area contributed by atoms with Crippen molar-refractivity contribution in [1.29, 1.82) is 0 Å². The van der Waals surface area contributed by atoms with Gasteiger partial charge in [0.1, 0.15) is 5.75 Å². The number of hydrogen-bond acceptors (Lipinski definition) is 1. The maximum Gasteiger partial charge on any atom is 0.437 e. The van der Waals surface area contributed by atoms with Crippen LogP contribution in [-0.2, 0) is 0 Å². The zero-order valence-corrected chi connectivity index (χ0v) is 11.0. The Morgan fingerprint density at radius 3 is 1.61 bits per heavy atom. The Labute approximate surface area is 112 Å². The summed E-state index contributed by atoms with van der Waals surface area (Å²) in [5.74, 6) is -0.493. The fourth-order valence-corrected chi connectivity index (χ4v) is 1.37. The maximum atomic E-state index is 12.5. The minimum Gasteiger partial charge on any atom is -0.469 e. The molecule has 1 nitrogen and oxygen atoms in total. The van der Waals surface area contributed by atoms with E-state index in [-0.39, 0.29) is 6.92 Å². The van der Waals surface area contributed by atoms with Crippen molar-refractivity contribution in [3.63, 3.8) is 0 Å². The van der Waals surface area contributed by atoms with Gasteiger partial charge in [0.05, 0.1) is 0 Å². The zero-order chi connectivity index (χ0) is 14.2. The van der Waals surface area contributed by atoms with Gasteiger partial charge in [-0.3, -0.25) is 0 Å². The number of alkyl halides is 6. The molecule has 8 heteroatoms. The van der Waals surface area contributed by atoms with Crippen LogP contribution in [0.5, 0.6) is 5.75 Å². The van der Waals surface area contributed by atoms with Crippen LogP contribution in [0.2, 0.25) is 0 Å². The number of rotatable bonds is 2. The third-order valence-electron chi connectivity index (χ3n) is 2.22. The van der Waals surface area contributed by atoms with Gasteiger partial charge >= 0.3 is 12.4 Å². The summed E-state index contributed by atoms with van der Waals surface area (Å²) < 4.78 is 79.9. The van der Waals surface area contributed by atoms with Gasteiger partial charge in [-0.1, -0.05) is 0 Å². The highest BCUT2D eigenvalue weighted by molar-refractivity contribution is 14.1. The van der Waals surface area contributed by atoms with Crippen LogP contribution < -0.4 is 4.74 Å². The van der Waals surface area contributed by atoms with Gasteiger partial charge in [-0.05, 0) is 53.8 Å². The molecule has 0 aliphatic carbocycles. The summed E-state index contributed by atoms with van der Waals surface area (Å²) in [7, 11) is 0. The molecule has 0 aromatic heterocycles.